The third-order valence-electron chi connectivity index (χ3n) is 1.43. The molecule has 0 atom stereocenters. The number of alkyl halides is 2. The molecule has 0 N–H and O–H groups in total. The summed E-state index contributed by atoms with van der Waals surface area (Å²) in [7, 11) is 0. The van der Waals surface area contributed by atoms with Gasteiger partial charge in [0.2, 0.25) is 5.88 Å². The van der Waals surface area contributed by atoms with Crippen LogP contribution in [0.25, 0.3) is 0 Å². The third-order valence-corrected chi connectivity index (χ3v) is 1.43. The molecule has 5 heteroatoms. The minimum atomic E-state index is -2.85. The van der Waals surface area contributed by atoms with E-state index in [-0.39, 0.29) is 11.8 Å². The Morgan fingerprint density at radius 2 is 2.00 bits per heavy atom. The lowest BCUT2D eigenvalue weighted by Crippen LogP contribution is -2.05. The molecule has 0 bridgehead atoms. The molecular weight excluding hydrogens is 178 g/mol. The Labute approximate surface area is 74.8 Å². The van der Waals surface area contributed by atoms with Crippen LogP contribution in [0.15, 0.2) is 12.4 Å². The van der Waals surface area contributed by atoms with E-state index in [1.807, 2.05) is 13.8 Å². The first-order valence-corrected chi connectivity index (χ1v) is 3.86. The second kappa shape index (κ2) is 4.11. The number of rotatable bonds is 3. The largest absolute Gasteiger partial charge is 0.415 e. The first-order chi connectivity index (χ1) is 6.09. The predicted molar refractivity (Wildman–Crippen MR) is 42.8 cm³/mol. The molecule has 1 heterocycles. The molecule has 0 radical (unpaired) electrons. The van der Waals surface area contributed by atoms with Crippen molar-refractivity contribution in [3.8, 4) is 5.88 Å². The van der Waals surface area contributed by atoms with Gasteiger partial charge in [-0.3, -0.25) is 4.98 Å². The van der Waals surface area contributed by atoms with Gasteiger partial charge < -0.3 is 4.74 Å². The summed E-state index contributed by atoms with van der Waals surface area (Å²) in [4.78, 5) is 7.59. The maximum atomic E-state index is 11.8. The molecule has 0 saturated carbocycles. The quantitative estimate of drug-likeness (QED) is 0.729. The highest BCUT2D eigenvalue weighted by atomic mass is 19.3. The van der Waals surface area contributed by atoms with Crippen molar-refractivity contribution < 1.29 is 13.5 Å². The minimum absolute atomic E-state index is 0.138. The zero-order valence-electron chi connectivity index (χ0n) is 7.37. The third kappa shape index (κ3) is 2.93. The summed E-state index contributed by atoms with van der Waals surface area (Å²) in [6.07, 6.45) is 2.70. The lowest BCUT2D eigenvalue weighted by atomic mass is 10.1. The van der Waals surface area contributed by atoms with Crippen molar-refractivity contribution in [2.24, 2.45) is 0 Å². The maximum absolute atomic E-state index is 11.8. The van der Waals surface area contributed by atoms with Gasteiger partial charge in [-0.2, -0.15) is 8.78 Å². The van der Waals surface area contributed by atoms with Gasteiger partial charge in [0.05, 0.1) is 11.9 Å². The Morgan fingerprint density at radius 3 is 2.54 bits per heavy atom. The summed E-state index contributed by atoms with van der Waals surface area (Å²) in [5, 5.41) is 0. The van der Waals surface area contributed by atoms with Gasteiger partial charge in [0.1, 0.15) is 0 Å². The molecule has 0 spiro atoms. The van der Waals surface area contributed by atoms with Crippen LogP contribution < -0.4 is 4.74 Å². The monoisotopic (exact) mass is 188 g/mol. The van der Waals surface area contributed by atoms with Crippen molar-refractivity contribution in [2.45, 2.75) is 26.4 Å². The molecule has 3 nitrogen and oxygen atoms in total. The lowest BCUT2D eigenvalue weighted by molar-refractivity contribution is -0.0532. The van der Waals surface area contributed by atoms with E-state index in [1.54, 1.807) is 0 Å². The highest BCUT2D eigenvalue weighted by Crippen LogP contribution is 2.14. The molecule has 0 amide bonds. The molecule has 0 aliphatic carbocycles. The molecule has 0 unspecified atom stereocenters. The van der Waals surface area contributed by atoms with Gasteiger partial charge in [0, 0.05) is 6.20 Å². The van der Waals surface area contributed by atoms with Gasteiger partial charge >= 0.3 is 6.61 Å². The molecule has 0 saturated heterocycles. The smallest absolute Gasteiger partial charge is 0.388 e. The van der Waals surface area contributed by atoms with Gasteiger partial charge in [0.25, 0.3) is 0 Å². The first-order valence-electron chi connectivity index (χ1n) is 3.86. The van der Waals surface area contributed by atoms with E-state index in [0.717, 1.165) is 6.20 Å². The average molecular weight is 188 g/mol. The Bertz CT molecular complexity index is 279. The van der Waals surface area contributed by atoms with E-state index >= 15 is 0 Å². The van der Waals surface area contributed by atoms with Crippen molar-refractivity contribution >= 4 is 0 Å². The Kier molecular flexibility index (Phi) is 3.11. The number of hydrogen-bond donors (Lipinski definition) is 0. The van der Waals surface area contributed by atoms with Crippen LogP contribution in [-0.2, 0) is 0 Å². The molecule has 13 heavy (non-hydrogen) atoms. The zero-order valence-corrected chi connectivity index (χ0v) is 7.37. The summed E-state index contributed by atoms with van der Waals surface area (Å²) >= 11 is 0. The van der Waals surface area contributed by atoms with Crippen LogP contribution >= 0.6 is 0 Å². The molecular formula is C8H10F2N2O. The van der Waals surface area contributed by atoms with E-state index in [9.17, 15) is 8.78 Å². The Hall–Kier alpha value is -1.26. The van der Waals surface area contributed by atoms with E-state index in [0.29, 0.717) is 5.69 Å². The summed E-state index contributed by atoms with van der Waals surface area (Å²) in [6, 6.07) is 0. The molecule has 0 aliphatic heterocycles. The first kappa shape index (κ1) is 9.83. The van der Waals surface area contributed by atoms with Crippen molar-refractivity contribution in [3.05, 3.63) is 18.1 Å². The standard InChI is InChI=1S/C8H10F2N2O/c1-5(2)6-3-11-4-7(12-6)13-8(9)10/h3-5,8H,1-2H3. The number of nitrogens with zero attached hydrogens (tertiary/aromatic N) is 2. The summed E-state index contributed by atoms with van der Waals surface area (Å²) in [5.41, 5.74) is 0.637. The molecule has 0 aliphatic rings. The normalized spacial score (nSPS) is 10.9. The molecule has 1 rings (SSSR count). The number of aromatic nitrogens is 2. The fraction of sp³-hybridized carbons (Fsp3) is 0.500. The summed E-state index contributed by atoms with van der Waals surface area (Å²) < 4.78 is 27.6. The second-order valence-electron chi connectivity index (χ2n) is 2.82. The average Bonchev–Trinajstić information content (AvgIpc) is 2.03. The molecule has 1 aromatic rings. The Morgan fingerprint density at radius 1 is 1.31 bits per heavy atom. The highest BCUT2D eigenvalue weighted by Gasteiger charge is 2.08. The topological polar surface area (TPSA) is 35.0 Å². The molecule has 0 aromatic carbocycles. The van der Waals surface area contributed by atoms with E-state index in [4.69, 9.17) is 0 Å². The minimum Gasteiger partial charge on any atom is -0.415 e. The zero-order chi connectivity index (χ0) is 9.84. The fourth-order valence-corrected chi connectivity index (χ4v) is 0.789. The number of hydrogen-bond acceptors (Lipinski definition) is 3. The van der Waals surface area contributed by atoms with Gasteiger partial charge in [-0.05, 0) is 5.92 Å². The van der Waals surface area contributed by atoms with Crippen LogP contribution in [0.3, 0.4) is 0 Å². The number of halogens is 2. The van der Waals surface area contributed by atoms with Crippen LogP contribution in [0.1, 0.15) is 25.5 Å². The summed E-state index contributed by atoms with van der Waals surface area (Å²) in [5.74, 6) is 0.00919. The molecule has 72 valence electrons. The molecule has 0 fully saturated rings. The van der Waals surface area contributed by atoms with E-state index in [2.05, 4.69) is 14.7 Å². The SMILES string of the molecule is CC(C)c1cncc(OC(F)F)n1. The molecule has 1 aromatic heterocycles. The van der Waals surface area contributed by atoms with Gasteiger partial charge in [-0.15, -0.1) is 0 Å². The van der Waals surface area contributed by atoms with Crippen LogP contribution in [0, 0.1) is 0 Å². The number of ether oxygens (including phenoxy) is 1. The van der Waals surface area contributed by atoms with Crippen LogP contribution in [-0.4, -0.2) is 16.6 Å². The van der Waals surface area contributed by atoms with E-state index in [1.165, 1.54) is 6.20 Å². The highest BCUT2D eigenvalue weighted by molar-refractivity contribution is 5.10. The lowest BCUT2D eigenvalue weighted by Gasteiger charge is -2.06. The van der Waals surface area contributed by atoms with Gasteiger partial charge in [-0.1, -0.05) is 13.8 Å². The van der Waals surface area contributed by atoms with E-state index < -0.39 is 6.61 Å². The van der Waals surface area contributed by atoms with Crippen molar-refractivity contribution in [2.75, 3.05) is 0 Å². The van der Waals surface area contributed by atoms with Gasteiger partial charge in [-0.25, -0.2) is 4.98 Å². The fourth-order valence-electron chi connectivity index (χ4n) is 0.789. The predicted octanol–water partition coefficient (Wildman–Crippen LogP) is 2.20. The van der Waals surface area contributed by atoms with Crippen molar-refractivity contribution in [1.82, 2.24) is 9.97 Å². The summed E-state index contributed by atoms with van der Waals surface area (Å²) in [6.45, 7) is 0.948. The van der Waals surface area contributed by atoms with Crippen LogP contribution in [0.2, 0.25) is 0 Å². The van der Waals surface area contributed by atoms with Crippen molar-refractivity contribution in [1.29, 1.82) is 0 Å². The Balaban J connectivity index is 2.79. The maximum Gasteiger partial charge on any atom is 0.388 e. The van der Waals surface area contributed by atoms with Crippen LogP contribution in [0.4, 0.5) is 8.78 Å². The van der Waals surface area contributed by atoms with Gasteiger partial charge in [0.15, 0.2) is 0 Å². The van der Waals surface area contributed by atoms with Crippen LogP contribution in [0.5, 0.6) is 5.88 Å². The second-order valence-corrected chi connectivity index (χ2v) is 2.82. The van der Waals surface area contributed by atoms with Crippen molar-refractivity contribution in [3.63, 3.8) is 0 Å².